The zero-order valence-corrected chi connectivity index (χ0v) is 8.44. The molecule has 0 N–H and O–H groups in total. The molecule has 0 fully saturated rings. The van der Waals surface area contributed by atoms with Crippen LogP contribution in [-0.2, 0) is 16.1 Å². The average Bonchev–Trinajstić information content (AvgIpc) is 2.13. The zero-order chi connectivity index (χ0) is 9.84. The number of rotatable bonds is 2. The number of nitrogens with zero attached hydrogens (tertiary/aromatic N) is 2. The molecule has 0 amide bonds. The Balaban J connectivity index is 2.96. The van der Waals surface area contributed by atoms with E-state index in [1.807, 2.05) is 0 Å². The normalized spacial score (nSPS) is 9.69. The van der Waals surface area contributed by atoms with E-state index in [1.165, 1.54) is 24.1 Å². The van der Waals surface area contributed by atoms with Crippen LogP contribution in [0.4, 0.5) is 0 Å². The van der Waals surface area contributed by atoms with Gasteiger partial charge in [-0.3, -0.25) is 9.59 Å². The van der Waals surface area contributed by atoms with Gasteiger partial charge in [-0.05, 0) is 15.9 Å². The summed E-state index contributed by atoms with van der Waals surface area (Å²) in [4.78, 5) is 25.8. The smallest absolute Gasteiger partial charge is 0.325 e. The Kier molecular flexibility index (Phi) is 3.18. The maximum atomic E-state index is 11.3. The van der Waals surface area contributed by atoms with Gasteiger partial charge in [0.25, 0.3) is 5.56 Å². The summed E-state index contributed by atoms with van der Waals surface area (Å²) in [6.07, 6.45) is 2.85. The van der Waals surface area contributed by atoms with Gasteiger partial charge >= 0.3 is 5.97 Å². The summed E-state index contributed by atoms with van der Waals surface area (Å²) in [5.41, 5.74) is -0.354. The Labute approximate surface area is 82.5 Å². The maximum absolute atomic E-state index is 11.3. The molecule has 0 radical (unpaired) electrons. The van der Waals surface area contributed by atoms with E-state index < -0.39 is 5.97 Å². The fourth-order valence-electron chi connectivity index (χ4n) is 0.749. The van der Waals surface area contributed by atoms with Crippen LogP contribution in [0.2, 0.25) is 0 Å². The predicted molar refractivity (Wildman–Crippen MR) is 48.2 cm³/mol. The lowest BCUT2D eigenvalue weighted by Gasteiger charge is -2.02. The quantitative estimate of drug-likeness (QED) is 0.699. The minimum absolute atomic E-state index is 0.101. The Morgan fingerprint density at radius 3 is 3.08 bits per heavy atom. The molecule has 0 unspecified atom stereocenters. The predicted octanol–water partition coefficient (Wildman–Crippen LogP) is 0.179. The lowest BCUT2D eigenvalue weighted by Crippen LogP contribution is -2.25. The van der Waals surface area contributed by atoms with Crippen LogP contribution in [-0.4, -0.2) is 22.6 Å². The summed E-state index contributed by atoms with van der Waals surface area (Å²) in [6.45, 7) is -0.101. The topological polar surface area (TPSA) is 61.2 Å². The van der Waals surface area contributed by atoms with E-state index in [2.05, 4.69) is 25.7 Å². The van der Waals surface area contributed by atoms with Crippen molar-refractivity contribution in [3.05, 3.63) is 27.4 Å². The van der Waals surface area contributed by atoms with E-state index in [-0.39, 0.29) is 16.7 Å². The summed E-state index contributed by atoms with van der Waals surface area (Å²) in [7, 11) is 1.27. The minimum Gasteiger partial charge on any atom is -0.468 e. The van der Waals surface area contributed by atoms with Crippen molar-refractivity contribution in [2.75, 3.05) is 7.11 Å². The Morgan fingerprint density at radius 1 is 1.77 bits per heavy atom. The van der Waals surface area contributed by atoms with Crippen LogP contribution in [0.5, 0.6) is 0 Å². The minimum atomic E-state index is -0.472. The third-order valence-electron chi connectivity index (χ3n) is 1.40. The van der Waals surface area contributed by atoms with Crippen molar-refractivity contribution in [1.29, 1.82) is 0 Å². The van der Waals surface area contributed by atoms with Gasteiger partial charge in [0.1, 0.15) is 6.54 Å². The second-order valence-corrected chi connectivity index (χ2v) is 2.98. The van der Waals surface area contributed by atoms with E-state index in [0.717, 1.165) is 0 Å². The van der Waals surface area contributed by atoms with Gasteiger partial charge in [-0.25, -0.2) is 4.98 Å². The van der Waals surface area contributed by atoms with E-state index in [4.69, 9.17) is 0 Å². The summed E-state index contributed by atoms with van der Waals surface area (Å²) in [5.74, 6) is -0.472. The van der Waals surface area contributed by atoms with Crippen LogP contribution < -0.4 is 5.56 Å². The van der Waals surface area contributed by atoms with Gasteiger partial charge in [-0.2, -0.15) is 0 Å². The van der Waals surface area contributed by atoms with Gasteiger partial charge in [0.05, 0.1) is 7.11 Å². The molecule has 1 aromatic heterocycles. The highest BCUT2D eigenvalue weighted by molar-refractivity contribution is 9.10. The van der Waals surface area contributed by atoms with Crippen LogP contribution in [0.1, 0.15) is 0 Å². The molecule has 1 heterocycles. The highest BCUT2D eigenvalue weighted by Gasteiger charge is 2.05. The first-order valence-electron chi connectivity index (χ1n) is 3.43. The van der Waals surface area contributed by atoms with Gasteiger partial charge in [0.15, 0.2) is 4.60 Å². The molecule has 0 aliphatic rings. The summed E-state index contributed by atoms with van der Waals surface area (Å²) < 4.78 is 5.81. The number of carbonyl (C=O) groups is 1. The average molecular weight is 247 g/mol. The third-order valence-corrected chi connectivity index (χ3v) is 1.94. The molecule has 1 aromatic rings. The highest BCUT2D eigenvalue weighted by atomic mass is 79.9. The third kappa shape index (κ3) is 2.38. The standard InChI is InChI=1S/C7H7BrN2O3/c1-13-5(11)4-10-3-2-9-6(8)7(10)12/h2-3H,4H2,1H3. The number of methoxy groups -OCH3 is 1. The summed E-state index contributed by atoms with van der Waals surface area (Å²) >= 11 is 2.96. The van der Waals surface area contributed by atoms with E-state index in [9.17, 15) is 9.59 Å². The van der Waals surface area contributed by atoms with Crippen molar-refractivity contribution in [3.8, 4) is 0 Å². The number of halogens is 1. The lowest BCUT2D eigenvalue weighted by molar-refractivity contribution is -0.141. The first kappa shape index (κ1) is 9.91. The van der Waals surface area contributed by atoms with Crippen molar-refractivity contribution in [3.63, 3.8) is 0 Å². The summed E-state index contributed by atoms with van der Waals surface area (Å²) in [5, 5.41) is 0. The van der Waals surface area contributed by atoms with Crippen molar-refractivity contribution in [2.24, 2.45) is 0 Å². The summed E-state index contributed by atoms with van der Waals surface area (Å²) in [6, 6.07) is 0. The SMILES string of the molecule is COC(=O)Cn1ccnc(Br)c1=O. The molecule has 0 aliphatic carbocycles. The fraction of sp³-hybridized carbons (Fsp3) is 0.286. The Hall–Kier alpha value is -1.17. The Morgan fingerprint density at radius 2 is 2.46 bits per heavy atom. The molecule has 0 aromatic carbocycles. The lowest BCUT2D eigenvalue weighted by atomic mass is 10.6. The molecule has 0 atom stereocenters. The van der Waals surface area contributed by atoms with Crippen LogP contribution >= 0.6 is 15.9 Å². The van der Waals surface area contributed by atoms with Crippen molar-refractivity contribution in [1.82, 2.24) is 9.55 Å². The molecular weight excluding hydrogens is 240 g/mol. The zero-order valence-electron chi connectivity index (χ0n) is 6.86. The van der Waals surface area contributed by atoms with Gasteiger partial charge in [-0.15, -0.1) is 0 Å². The van der Waals surface area contributed by atoms with Crippen LogP contribution in [0.15, 0.2) is 21.8 Å². The number of aromatic nitrogens is 2. The van der Waals surface area contributed by atoms with E-state index in [1.54, 1.807) is 0 Å². The molecule has 6 heteroatoms. The van der Waals surface area contributed by atoms with Crippen LogP contribution in [0.25, 0.3) is 0 Å². The molecule has 0 bridgehead atoms. The van der Waals surface area contributed by atoms with Gasteiger partial charge in [0.2, 0.25) is 0 Å². The van der Waals surface area contributed by atoms with Crippen molar-refractivity contribution < 1.29 is 9.53 Å². The van der Waals surface area contributed by atoms with E-state index in [0.29, 0.717) is 0 Å². The van der Waals surface area contributed by atoms with Gasteiger partial charge < -0.3 is 9.30 Å². The van der Waals surface area contributed by atoms with Crippen LogP contribution in [0.3, 0.4) is 0 Å². The molecule has 13 heavy (non-hydrogen) atoms. The molecule has 1 rings (SSSR count). The Bertz CT molecular complexity index is 374. The second-order valence-electron chi connectivity index (χ2n) is 2.23. The van der Waals surface area contributed by atoms with E-state index >= 15 is 0 Å². The molecule has 5 nitrogen and oxygen atoms in total. The number of esters is 1. The number of hydrogen-bond donors (Lipinski definition) is 0. The first-order valence-corrected chi connectivity index (χ1v) is 4.22. The number of ether oxygens (including phenoxy) is 1. The number of hydrogen-bond acceptors (Lipinski definition) is 4. The maximum Gasteiger partial charge on any atom is 0.325 e. The molecule has 0 spiro atoms. The van der Waals surface area contributed by atoms with Crippen LogP contribution in [0, 0.1) is 0 Å². The highest BCUT2D eigenvalue weighted by Crippen LogP contribution is 1.95. The molecule has 70 valence electrons. The largest absolute Gasteiger partial charge is 0.468 e. The number of carbonyl (C=O) groups excluding carboxylic acids is 1. The molecule has 0 saturated heterocycles. The fourth-order valence-corrected chi connectivity index (χ4v) is 1.09. The van der Waals surface area contributed by atoms with Crippen molar-refractivity contribution in [2.45, 2.75) is 6.54 Å². The van der Waals surface area contributed by atoms with Gasteiger partial charge in [-0.1, -0.05) is 0 Å². The molecule has 0 aliphatic heterocycles. The van der Waals surface area contributed by atoms with Gasteiger partial charge in [0, 0.05) is 12.4 Å². The molecular formula is C7H7BrN2O3. The van der Waals surface area contributed by atoms with Crippen molar-refractivity contribution >= 4 is 21.9 Å². The first-order chi connectivity index (χ1) is 6.15. The monoisotopic (exact) mass is 246 g/mol. The second kappa shape index (κ2) is 4.18. The molecule has 0 saturated carbocycles.